The van der Waals surface area contributed by atoms with Crippen molar-refractivity contribution in [2.75, 3.05) is 11.9 Å². The molecule has 222 valence electrons. The molecule has 2 N–H and O–H groups in total. The van der Waals surface area contributed by atoms with Crippen molar-refractivity contribution in [1.29, 1.82) is 0 Å². The molecule has 2 heterocycles. The number of rotatable bonds is 1. The number of amidine groups is 1. The predicted molar refractivity (Wildman–Crippen MR) is 188 cm³/mol. The zero-order valence-electron chi connectivity index (χ0n) is 25.5. The number of para-hydroxylation sites is 1. The van der Waals surface area contributed by atoms with Crippen LogP contribution in [0.1, 0.15) is 27.8 Å². The van der Waals surface area contributed by atoms with E-state index < -0.39 is 5.41 Å². The number of hydrogen-bond acceptors (Lipinski definition) is 3. The Morgan fingerprint density at radius 1 is 0.660 bits per heavy atom. The lowest BCUT2D eigenvalue weighted by atomic mass is 9.70. The van der Waals surface area contributed by atoms with Gasteiger partial charge in [-0.25, -0.2) is 0 Å². The molecule has 10 rings (SSSR count). The maximum atomic E-state index is 6.87. The fourth-order valence-corrected chi connectivity index (χ4v) is 8.25. The summed E-state index contributed by atoms with van der Waals surface area (Å²) in [5.74, 6) is 1.42. The van der Waals surface area contributed by atoms with Crippen LogP contribution in [-0.2, 0) is 5.41 Å². The minimum absolute atomic E-state index is 0.263. The number of aromatic nitrogens is 1. The van der Waals surface area contributed by atoms with E-state index >= 15 is 0 Å². The average Bonchev–Trinajstić information content (AvgIpc) is 3.79. The van der Waals surface area contributed by atoms with Gasteiger partial charge in [-0.3, -0.25) is 9.89 Å². The third kappa shape index (κ3) is 3.21. The van der Waals surface area contributed by atoms with E-state index in [2.05, 4.69) is 102 Å². The standard InChI is InChI=1S/C41H27N5O/c1-43-38(24-13-3-2-4-14-24)44-40(42)46-34-22-12-8-17-27(34)29-23-33-35(37-36(29)39(46)45-47-37)28-18-7-11-21-32(28)41(33)30-19-9-5-15-25(30)26-16-6-10-20-31(26)41/h2-23H,1H3,(H2,42,43,44). The van der Waals surface area contributed by atoms with Crippen molar-refractivity contribution in [2.24, 2.45) is 15.7 Å². The van der Waals surface area contributed by atoms with Gasteiger partial charge in [0.05, 0.1) is 16.5 Å². The van der Waals surface area contributed by atoms with Gasteiger partial charge in [-0.15, -0.1) is 0 Å². The highest BCUT2D eigenvalue weighted by Crippen LogP contribution is 2.65. The van der Waals surface area contributed by atoms with E-state index in [0.29, 0.717) is 11.7 Å². The molecule has 7 aromatic rings. The first-order valence-corrected chi connectivity index (χ1v) is 15.7. The third-order valence-electron chi connectivity index (χ3n) is 10.0. The number of benzene rings is 6. The molecule has 0 amide bonds. The van der Waals surface area contributed by atoms with Gasteiger partial charge in [-0.2, -0.15) is 4.99 Å². The van der Waals surface area contributed by atoms with Crippen LogP contribution in [0.2, 0.25) is 0 Å². The topological polar surface area (TPSA) is 80.0 Å². The molecule has 0 fully saturated rings. The molecule has 6 nitrogen and oxygen atoms in total. The number of anilines is 2. The highest BCUT2D eigenvalue weighted by atomic mass is 16.5. The highest BCUT2D eigenvalue weighted by Gasteiger charge is 2.53. The van der Waals surface area contributed by atoms with Crippen LogP contribution in [0.4, 0.5) is 11.5 Å². The van der Waals surface area contributed by atoms with Gasteiger partial charge in [-0.05, 0) is 56.6 Å². The van der Waals surface area contributed by atoms with Crippen molar-refractivity contribution in [2.45, 2.75) is 5.41 Å². The second-order valence-electron chi connectivity index (χ2n) is 12.2. The number of aliphatic imine (C=N–C) groups is 2. The van der Waals surface area contributed by atoms with Gasteiger partial charge in [0.25, 0.3) is 0 Å². The summed E-state index contributed by atoms with van der Waals surface area (Å²) < 4.78 is 6.43. The molecule has 0 bridgehead atoms. The second kappa shape index (κ2) is 9.37. The third-order valence-corrected chi connectivity index (χ3v) is 10.0. The van der Waals surface area contributed by atoms with Crippen LogP contribution >= 0.6 is 0 Å². The minimum atomic E-state index is -0.495. The Morgan fingerprint density at radius 3 is 1.91 bits per heavy atom. The Kier molecular flexibility index (Phi) is 5.19. The van der Waals surface area contributed by atoms with Gasteiger partial charge >= 0.3 is 0 Å². The van der Waals surface area contributed by atoms with Gasteiger partial charge in [0.1, 0.15) is 0 Å². The van der Waals surface area contributed by atoms with Crippen molar-refractivity contribution in [3.8, 4) is 33.4 Å². The van der Waals surface area contributed by atoms with Crippen molar-refractivity contribution in [3.63, 3.8) is 0 Å². The van der Waals surface area contributed by atoms with Crippen LogP contribution in [0.3, 0.4) is 0 Å². The molecule has 1 spiro atoms. The van der Waals surface area contributed by atoms with Crippen molar-refractivity contribution in [3.05, 3.63) is 161 Å². The van der Waals surface area contributed by atoms with Crippen molar-refractivity contribution in [1.82, 2.24) is 5.16 Å². The van der Waals surface area contributed by atoms with E-state index in [1.807, 2.05) is 41.3 Å². The average molecular weight is 606 g/mol. The quantitative estimate of drug-likeness (QED) is 0.150. The van der Waals surface area contributed by atoms with E-state index in [1.54, 1.807) is 7.05 Å². The van der Waals surface area contributed by atoms with Crippen LogP contribution in [0, 0.1) is 0 Å². The normalized spacial score (nSPS) is 15.0. The van der Waals surface area contributed by atoms with Gasteiger partial charge in [0, 0.05) is 23.7 Å². The van der Waals surface area contributed by atoms with Crippen LogP contribution in [-0.4, -0.2) is 24.0 Å². The zero-order chi connectivity index (χ0) is 31.3. The van der Waals surface area contributed by atoms with Crippen molar-refractivity contribution < 1.29 is 4.52 Å². The van der Waals surface area contributed by atoms with Crippen LogP contribution in [0.15, 0.2) is 148 Å². The largest absolute Gasteiger partial charge is 0.369 e. The van der Waals surface area contributed by atoms with Gasteiger partial charge in [-0.1, -0.05) is 126 Å². The summed E-state index contributed by atoms with van der Waals surface area (Å²) in [6, 6.07) is 46.9. The Hall–Kier alpha value is -6.27. The number of hydrogen-bond donors (Lipinski definition) is 1. The Bertz CT molecular complexity index is 2460. The molecule has 2 aliphatic carbocycles. The zero-order valence-corrected chi connectivity index (χ0v) is 25.5. The summed E-state index contributed by atoms with van der Waals surface area (Å²) in [4.78, 5) is 11.2. The molecule has 6 aromatic carbocycles. The lowest BCUT2D eigenvalue weighted by molar-refractivity contribution is 0.459. The maximum absolute atomic E-state index is 6.87. The summed E-state index contributed by atoms with van der Waals surface area (Å²) in [5.41, 5.74) is 20.8. The molecular formula is C41H27N5O. The predicted octanol–water partition coefficient (Wildman–Crippen LogP) is 8.68. The number of nitrogens with two attached hydrogens (primary N) is 1. The molecule has 0 saturated heterocycles. The summed E-state index contributed by atoms with van der Waals surface area (Å²) in [5, 5.41) is 5.66. The number of nitrogens with zero attached hydrogens (tertiary/aromatic N) is 4. The molecule has 0 atom stereocenters. The van der Waals surface area contributed by atoms with Gasteiger partial charge < -0.3 is 10.3 Å². The molecular weight excluding hydrogens is 578 g/mol. The monoisotopic (exact) mass is 605 g/mol. The van der Waals surface area contributed by atoms with Crippen LogP contribution < -0.4 is 10.6 Å². The molecule has 1 aromatic heterocycles. The molecule has 3 aliphatic rings. The van der Waals surface area contributed by atoms with Crippen LogP contribution in [0.5, 0.6) is 0 Å². The lowest BCUT2D eigenvalue weighted by Gasteiger charge is -2.32. The summed E-state index contributed by atoms with van der Waals surface area (Å²) in [7, 11) is 1.72. The molecule has 6 heteroatoms. The lowest BCUT2D eigenvalue weighted by Crippen LogP contribution is -2.36. The summed E-state index contributed by atoms with van der Waals surface area (Å²) in [6.45, 7) is 0. The first-order chi connectivity index (χ1) is 23.2. The number of fused-ring (bicyclic) bond motifs is 13. The summed E-state index contributed by atoms with van der Waals surface area (Å²) in [6.07, 6.45) is 0. The number of guanidine groups is 1. The first kappa shape index (κ1) is 26.0. The molecule has 0 saturated carbocycles. The fourth-order valence-electron chi connectivity index (χ4n) is 8.25. The maximum Gasteiger partial charge on any atom is 0.208 e. The Balaban J connectivity index is 1.29. The minimum Gasteiger partial charge on any atom is -0.369 e. The first-order valence-electron chi connectivity index (χ1n) is 15.7. The van der Waals surface area contributed by atoms with E-state index in [1.165, 1.54) is 33.4 Å². The molecule has 0 radical (unpaired) electrons. The van der Waals surface area contributed by atoms with E-state index in [0.717, 1.165) is 44.5 Å². The highest BCUT2D eigenvalue weighted by molar-refractivity contribution is 6.22. The molecule has 47 heavy (non-hydrogen) atoms. The molecule has 1 aliphatic heterocycles. The Labute approximate surface area is 271 Å². The fraction of sp³-hybridized carbons (Fsp3) is 0.0488. The van der Waals surface area contributed by atoms with Gasteiger partial charge in [0.2, 0.25) is 5.96 Å². The molecule has 0 unspecified atom stereocenters. The van der Waals surface area contributed by atoms with E-state index in [-0.39, 0.29) is 5.96 Å². The SMILES string of the molecule is CN=C(N=C(N)N1c2ccccc2-c2cc3c(c4onc1c24)-c1ccccc1C31c2ccccc2-c2ccccc21)c1ccccc1. The van der Waals surface area contributed by atoms with Gasteiger partial charge in [0.15, 0.2) is 17.2 Å². The summed E-state index contributed by atoms with van der Waals surface area (Å²) >= 11 is 0. The second-order valence-corrected chi connectivity index (χ2v) is 12.2. The Morgan fingerprint density at radius 2 is 1.23 bits per heavy atom. The van der Waals surface area contributed by atoms with Crippen molar-refractivity contribution >= 4 is 34.3 Å². The van der Waals surface area contributed by atoms with Crippen LogP contribution in [0.25, 0.3) is 44.3 Å². The van der Waals surface area contributed by atoms with E-state index in [4.69, 9.17) is 20.4 Å². The van der Waals surface area contributed by atoms with E-state index in [9.17, 15) is 0 Å². The smallest absolute Gasteiger partial charge is 0.208 e.